The van der Waals surface area contributed by atoms with Gasteiger partial charge in [0.05, 0.1) is 37.8 Å². The highest BCUT2D eigenvalue weighted by atomic mass is 16.5. The fourth-order valence-corrected chi connectivity index (χ4v) is 3.40. The van der Waals surface area contributed by atoms with Gasteiger partial charge in [0.1, 0.15) is 11.3 Å². The third kappa shape index (κ3) is 4.16. The van der Waals surface area contributed by atoms with Crippen LogP contribution in [0.25, 0.3) is 22.1 Å². The van der Waals surface area contributed by atoms with E-state index in [0.717, 1.165) is 0 Å². The maximum absolute atomic E-state index is 13.2. The van der Waals surface area contributed by atoms with E-state index in [4.69, 9.17) is 13.9 Å². The Hall–Kier alpha value is -3.16. The average Bonchev–Trinajstić information content (AvgIpc) is 2.74. The topological polar surface area (TPSA) is 81.0 Å². The fraction of sp³-hybridized carbons (Fsp3) is 0.273. The molecule has 7 heteroatoms. The van der Waals surface area contributed by atoms with Gasteiger partial charge in [0.25, 0.3) is 0 Å². The molecule has 0 atom stereocenters. The number of rotatable bonds is 5. The first-order valence-corrected chi connectivity index (χ1v) is 9.46. The van der Waals surface area contributed by atoms with Gasteiger partial charge in [-0.15, -0.1) is 0 Å². The van der Waals surface area contributed by atoms with Crippen molar-refractivity contribution in [3.8, 4) is 16.9 Å². The average molecular weight is 394 g/mol. The Balaban J connectivity index is 1.74. The SMILES string of the molecule is COc1cccc(-c2c(NC(=O)CN3CCOCC3)oc3ccccc3c2=O)c1. The normalized spacial score (nSPS) is 14.7. The van der Waals surface area contributed by atoms with E-state index in [9.17, 15) is 9.59 Å². The maximum atomic E-state index is 13.2. The van der Waals surface area contributed by atoms with Crippen molar-refractivity contribution in [2.45, 2.75) is 0 Å². The van der Waals surface area contributed by atoms with Gasteiger partial charge in [0.2, 0.25) is 17.2 Å². The zero-order valence-electron chi connectivity index (χ0n) is 16.1. The number of nitrogens with zero attached hydrogens (tertiary/aromatic N) is 1. The summed E-state index contributed by atoms with van der Waals surface area (Å²) in [6.45, 7) is 2.80. The number of nitrogens with one attached hydrogen (secondary N) is 1. The molecule has 0 aliphatic carbocycles. The lowest BCUT2D eigenvalue weighted by Gasteiger charge is -2.25. The summed E-state index contributed by atoms with van der Waals surface area (Å²) < 4.78 is 16.5. The minimum Gasteiger partial charge on any atom is -0.497 e. The zero-order chi connectivity index (χ0) is 20.2. The van der Waals surface area contributed by atoms with Crippen molar-refractivity contribution in [2.24, 2.45) is 0 Å². The number of morpholine rings is 1. The van der Waals surface area contributed by atoms with E-state index >= 15 is 0 Å². The van der Waals surface area contributed by atoms with E-state index in [2.05, 4.69) is 5.32 Å². The molecule has 3 aromatic rings. The van der Waals surface area contributed by atoms with Gasteiger partial charge in [-0.2, -0.15) is 0 Å². The summed E-state index contributed by atoms with van der Waals surface area (Å²) in [5.41, 5.74) is 1.14. The molecule has 1 aliphatic heterocycles. The van der Waals surface area contributed by atoms with Crippen LogP contribution in [0.3, 0.4) is 0 Å². The first-order chi connectivity index (χ1) is 14.2. The van der Waals surface area contributed by atoms with Gasteiger partial charge in [-0.1, -0.05) is 24.3 Å². The molecule has 1 fully saturated rings. The molecular weight excluding hydrogens is 372 g/mol. The van der Waals surface area contributed by atoms with Gasteiger partial charge in [0, 0.05) is 13.1 Å². The number of carbonyl (C=O) groups is 1. The van der Waals surface area contributed by atoms with Crippen LogP contribution >= 0.6 is 0 Å². The Labute approximate surface area is 167 Å². The van der Waals surface area contributed by atoms with E-state index < -0.39 is 0 Å². The molecule has 1 aromatic heterocycles. The quantitative estimate of drug-likeness (QED) is 0.717. The Morgan fingerprint density at radius 2 is 1.93 bits per heavy atom. The minimum atomic E-state index is -0.241. The Morgan fingerprint density at radius 1 is 1.14 bits per heavy atom. The van der Waals surface area contributed by atoms with E-state index in [1.165, 1.54) is 0 Å². The molecule has 0 spiro atoms. The number of hydrogen-bond acceptors (Lipinski definition) is 6. The Bertz CT molecular complexity index is 1090. The number of benzene rings is 2. The smallest absolute Gasteiger partial charge is 0.240 e. The van der Waals surface area contributed by atoms with Crippen LogP contribution in [0.5, 0.6) is 5.75 Å². The highest BCUT2D eigenvalue weighted by molar-refractivity contribution is 5.97. The number of amides is 1. The molecule has 7 nitrogen and oxygen atoms in total. The number of hydrogen-bond donors (Lipinski definition) is 1. The van der Waals surface area contributed by atoms with Gasteiger partial charge < -0.3 is 13.9 Å². The van der Waals surface area contributed by atoms with Crippen LogP contribution < -0.4 is 15.5 Å². The number of ether oxygens (including phenoxy) is 2. The number of para-hydroxylation sites is 1. The monoisotopic (exact) mass is 394 g/mol. The summed E-state index contributed by atoms with van der Waals surface area (Å²) in [6.07, 6.45) is 0. The molecule has 0 saturated carbocycles. The van der Waals surface area contributed by atoms with Crippen LogP contribution in [0.1, 0.15) is 0 Å². The molecule has 1 aliphatic rings. The molecule has 1 amide bonds. The van der Waals surface area contributed by atoms with Gasteiger partial charge in [0.15, 0.2) is 0 Å². The highest BCUT2D eigenvalue weighted by Gasteiger charge is 2.20. The van der Waals surface area contributed by atoms with Crippen molar-refractivity contribution in [1.82, 2.24) is 4.90 Å². The molecule has 1 N–H and O–H groups in total. The van der Waals surface area contributed by atoms with Crippen LogP contribution in [0.4, 0.5) is 5.88 Å². The van der Waals surface area contributed by atoms with Crippen molar-refractivity contribution in [3.05, 3.63) is 58.8 Å². The van der Waals surface area contributed by atoms with Crippen LogP contribution in [0.15, 0.2) is 57.7 Å². The summed E-state index contributed by atoms with van der Waals surface area (Å²) in [5.74, 6) is 0.510. The molecule has 2 aromatic carbocycles. The molecule has 1 saturated heterocycles. The highest BCUT2D eigenvalue weighted by Crippen LogP contribution is 2.30. The van der Waals surface area contributed by atoms with E-state index in [1.54, 1.807) is 55.6 Å². The molecule has 0 bridgehead atoms. The molecule has 2 heterocycles. The lowest BCUT2D eigenvalue weighted by atomic mass is 10.0. The van der Waals surface area contributed by atoms with E-state index in [-0.39, 0.29) is 23.8 Å². The van der Waals surface area contributed by atoms with Gasteiger partial charge in [-0.3, -0.25) is 19.8 Å². The second-order valence-corrected chi connectivity index (χ2v) is 6.80. The van der Waals surface area contributed by atoms with Crippen LogP contribution in [0, 0.1) is 0 Å². The number of methoxy groups -OCH3 is 1. The summed E-state index contributed by atoms with van der Waals surface area (Å²) in [5, 5.41) is 3.25. The summed E-state index contributed by atoms with van der Waals surface area (Å²) in [6, 6.07) is 14.1. The Morgan fingerprint density at radius 3 is 2.72 bits per heavy atom. The third-order valence-corrected chi connectivity index (χ3v) is 4.88. The van der Waals surface area contributed by atoms with Crippen molar-refractivity contribution in [2.75, 3.05) is 45.3 Å². The van der Waals surface area contributed by atoms with Crippen LogP contribution in [-0.2, 0) is 9.53 Å². The van der Waals surface area contributed by atoms with Crippen LogP contribution in [0.2, 0.25) is 0 Å². The molecular formula is C22H22N2O5. The van der Waals surface area contributed by atoms with Gasteiger partial charge in [-0.05, 0) is 29.8 Å². The predicted molar refractivity (Wildman–Crippen MR) is 110 cm³/mol. The van der Waals surface area contributed by atoms with Gasteiger partial charge in [-0.25, -0.2) is 0 Å². The molecule has 150 valence electrons. The minimum absolute atomic E-state index is 0.139. The molecule has 4 rings (SSSR count). The second-order valence-electron chi connectivity index (χ2n) is 6.80. The van der Waals surface area contributed by atoms with E-state index in [1.807, 2.05) is 4.90 Å². The summed E-state index contributed by atoms with van der Waals surface area (Å²) >= 11 is 0. The van der Waals surface area contributed by atoms with Gasteiger partial charge >= 0.3 is 0 Å². The first-order valence-electron chi connectivity index (χ1n) is 9.46. The van der Waals surface area contributed by atoms with Crippen molar-refractivity contribution in [3.63, 3.8) is 0 Å². The van der Waals surface area contributed by atoms with Crippen molar-refractivity contribution < 1.29 is 18.7 Å². The van der Waals surface area contributed by atoms with Crippen molar-refractivity contribution >= 4 is 22.8 Å². The molecule has 0 radical (unpaired) electrons. The number of anilines is 1. The van der Waals surface area contributed by atoms with Crippen LogP contribution in [-0.4, -0.2) is 50.8 Å². The van der Waals surface area contributed by atoms with Crippen molar-refractivity contribution in [1.29, 1.82) is 0 Å². The lowest BCUT2D eigenvalue weighted by molar-refractivity contribution is -0.118. The number of carbonyl (C=O) groups excluding carboxylic acids is 1. The third-order valence-electron chi connectivity index (χ3n) is 4.88. The largest absolute Gasteiger partial charge is 0.497 e. The zero-order valence-corrected chi connectivity index (χ0v) is 16.1. The second kappa shape index (κ2) is 8.46. The summed E-state index contributed by atoms with van der Waals surface area (Å²) in [4.78, 5) is 27.9. The standard InChI is InChI=1S/C22H22N2O5/c1-27-16-6-4-5-15(13-16)20-21(26)17-7-2-3-8-18(17)29-22(20)23-19(25)14-24-9-11-28-12-10-24/h2-8,13H,9-12,14H2,1H3,(H,23,25). The fourth-order valence-electron chi connectivity index (χ4n) is 3.40. The summed E-state index contributed by atoms with van der Waals surface area (Å²) in [7, 11) is 1.56. The maximum Gasteiger partial charge on any atom is 0.240 e. The molecule has 29 heavy (non-hydrogen) atoms. The first kappa shape index (κ1) is 19.2. The molecule has 0 unspecified atom stereocenters. The Kier molecular flexibility index (Phi) is 5.59. The predicted octanol–water partition coefficient (Wildman–Crippen LogP) is 2.74. The lowest BCUT2D eigenvalue weighted by Crippen LogP contribution is -2.41. The number of fused-ring (bicyclic) bond motifs is 1. The van der Waals surface area contributed by atoms with E-state index in [0.29, 0.717) is 54.1 Å².